The number of amides is 3. The molecule has 5 heteroatoms. The standard InChI is InChI=1S/C17H20N2O3/c1-17(2,3)11-5-4-10-9-19(16(22)12(10)8-11)13-6-7-14(20)18-15(13)21/h4-5,8,13H,6-7,9H2,1-3H3,(H,18,20,21)/t13-/m1/s1. The Hall–Kier alpha value is -2.17. The van der Waals surface area contributed by atoms with E-state index in [1.54, 1.807) is 4.90 Å². The fraction of sp³-hybridized carbons (Fsp3) is 0.471. The van der Waals surface area contributed by atoms with Crippen LogP contribution in [0.15, 0.2) is 18.2 Å². The maximum Gasteiger partial charge on any atom is 0.255 e. The average Bonchev–Trinajstić information content (AvgIpc) is 2.75. The number of hydrogen-bond donors (Lipinski definition) is 1. The minimum atomic E-state index is -0.546. The quantitative estimate of drug-likeness (QED) is 0.803. The average molecular weight is 300 g/mol. The molecule has 1 fully saturated rings. The summed E-state index contributed by atoms with van der Waals surface area (Å²) in [6, 6.07) is 5.40. The van der Waals surface area contributed by atoms with Gasteiger partial charge in [-0.15, -0.1) is 0 Å². The van der Waals surface area contributed by atoms with Gasteiger partial charge in [-0.05, 0) is 29.0 Å². The zero-order chi connectivity index (χ0) is 16.1. The Kier molecular flexibility index (Phi) is 3.31. The summed E-state index contributed by atoms with van der Waals surface area (Å²) in [5, 5.41) is 2.32. The van der Waals surface area contributed by atoms with Crippen LogP contribution in [0.25, 0.3) is 0 Å². The van der Waals surface area contributed by atoms with Crippen LogP contribution >= 0.6 is 0 Å². The third kappa shape index (κ3) is 2.40. The van der Waals surface area contributed by atoms with Crippen LogP contribution in [0.3, 0.4) is 0 Å². The van der Waals surface area contributed by atoms with Gasteiger partial charge in [0.2, 0.25) is 11.8 Å². The highest BCUT2D eigenvalue weighted by atomic mass is 16.2. The molecule has 2 heterocycles. The summed E-state index contributed by atoms with van der Waals surface area (Å²) >= 11 is 0. The highest BCUT2D eigenvalue weighted by Gasteiger charge is 2.39. The predicted octanol–water partition coefficient (Wildman–Crippen LogP) is 1.75. The molecule has 1 aromatic carbocycles. The second-order valence-electron chi connectivity index (χ2n) is 7.02. The molecule has 22 heavy (non-hydrogen) atoms. The molecular weight excluding hydrogens is 280 g/mol. The number of hydrogen-bond acceptors (Lipinski definition) is 3. The summed E-state index contributed by atoms with van der Waals surface area (Å²) in [6.45, 7) is 6.75. The highest BCUT2D eigenvalue weighted by Crippen LogP contribution is 2.31. The maximum absolute atomic E-state index is 12.7. The fourth-order valence-electron chi connectivity index (χ4n) is 3.02. The van der Waals surface area contributed by atoms with Gasteiger partial charge in [-0.2, -0.15) is 0 Å². The van der Waals surface area contributed by atoms with Crippen molar-refractivity contribution in [3.8, 4) is 0 Å². The van der Waals surface area contributed by atoms with E-state index in [1.807, 2.05) is 18.2 Å². The molecule has 3 rings (SSSR count). The fourth-order valence-corrected chi connectivity index (χ4v) is 3.02. The highest BCUT2D eigenvalue weighted by molar-refractivity contribution is 6.05. The first-order valence-electron chi connectivity index (χ1n) is 7.55. The van der Waals surface area contributed by atoms with Crippen molar-refractivity contribution >= 4 is 17.7 Å². The summed E-state index contributed by atoms with van der Waals surface area (Å²) in [5.41, 5.74) is 2.70. The van der Waals surface area contributed by atoms with Crippen LogP contribution in [0, 0.1) is 0 Å². The number of fused-ring (bicyclic) bond motifs is 1. The van der Waals surface area contributed by atoms with Crippen LogP contribution in [0.4, 0.5) is 0 Å². The van der Waals surface area contributed by atoms with Gasteiger partial charge in [-0.1, -0.05) is 32.9 Å². The summed E-state index contributed by atoms with van der Waals surface area (Å²) in [7, 11) is 0. The summed E-state index contributed by atoms with van der Waals surface area (Å²) in [6.07, 6.45) is 0.681. The van der Waals surface area contributed by atoms with Gasteiger partial charge in [0.05, 0.1) is 0 Å². The molecule has 2 aliphatic heterocycles. The zero-order valence-corrected chi connectivity index (χ0v) is 13.1. The Morgan fingerprint density at radius 1 is 1.18 bits per heavy atom. The number of carbonyl (C=O) groups is 3. The van der Waals surface area contributed by atoms with Crippen LogP contribution in [0.1, 0.15) is 55.1 Å². The van der Waals surface area contributed by atoms with E-state index in [2.05, 4.69) is 26.1 Å². The van der Waals surface area contributed by atoms with Crippen molar-refractivity contribution in [2.45, 2.75) is 51.6 Å². The van der Waals surface area contributed by atoms with Gasteiger partial charge in [0.1, 0.15) is 6.04 Å². The smallest absolute Gasteiger partial charge is 0.255 e. The van der Waals surface area contributed by atoms with Crippen molar-refractivity contribution in [1.82, 2.24) is 10.2 Å². The zero-order valence-electron chi connectivity index (χ0n) is 13.1. The van der Waals surface area contributed by atoms with E-state index in [0.717, 1.165) is 11.1 Å². The predicted molar refractivity (Wildman–Crippen MR) is 81.2 cm³/mol. The Labute approximate surface area is 129 Å². The van der Waals surface area contributed by atoms with E-state index in [9.17, 15) is 14.4 Å². The number of piperidine rings is 1. The van der Waals surface area contributed by atoms with Gasteiger partial charge in [-0.3, -0.25) is 19.7 Å². The van der Waals surface area contributed by atoms with Crippen molar-refractivity contribution in [3.63, 3.8) is 0 Å². The van der Waals surface area contributed by atoms with Crippen molar-refractivity contribution in [2.24, 2.45) is 0 Å². The van der Waals surface area contributed by atoms with Crippen molar-refractivity contribution < 1.29 is 14.4 Å². The van der Waals surface area contributed by atoms with Gasteiger partial charge in [0.15, 0.2) is 0 Å². The number of benzene rings is 1. The van der Waals surface area contributed by atoms with Crippen LogP contribution < -0.4 is 5.32 Å². The first-order valence-corrected chi connectivity index (χ1v) is 7.55. The van der Waals surface area contributed by atoms with Crippen LogP contribution in [-0.4, -0.2) is 28.7 Å². The van der Waals surface area contributed by atoms with Crippen molar-refractivity contribution in [3.05, 3.63) is 34.9 Å². The molecule has 1 atom stereocenters. The van der Waals surface area contributed by atoms with Crippen molar-refractivity contribution in [2.75, 3.05) is 0 Å². The minimum absolute atomic E-state index is 0.0304. The summed E-state index contributed by atoms with van der Waals surface area (Å²) < 4.78 is 0. The lowest BCUT2D eigenvalue weighted by Crippen LogP contribution is -2.52. The molecule has 0 radical (unpaired) electrons. The molecule has 0 saturated carbocycles. The van der Waals surface area contributed by atoms with Crippen LogP contribution in [0.5, 0.6) is 0 Å². The van der Waals surface area contributed by atoms with Gasteiger partial charge in [0.25, 0.3) is 5.91 Å². The van der Waals surface area contributed by atoms with E-state index in [4.69, 9.17) is 0 Å². The molecule has 0 aliphatic carbocycles. The minimum Gasteiger partial charge on any atom is -0.322 e. The summed E-state index contributed by atoms with van der Waals surface area (Å²) in [4.78, 5) is 37.5. The first kappa shape index (κ1) is 14.8. The Balaban J connectivity index is 1.88. The van der Waals surface area contributed by atoms with E-state index in [-0.39, 0.29) is 29.6 Å². The molecule has 0 unspecified atom stereocenters. The molecule has 0 spiro atoms. The Bertz CT molecular complexity index is 673. The van der Waals surface area contributed by atoms with E-state index in [0.29, 0.717) is 18.5 Å². The number of rotatable bonds is 1. The van der Waals surface area contributed by atoms with Crippen LogP contribution in [0.2, 0.25) is 0 Å². The number of nitrogens with one attached hydrogen (secondary N) is 1. The maximum atomic E-state index is 12.7. The number of nitrogens with zero attached hydrogens (tertiary/aromatic N) is 1. The third-order valence-electron chi connectivity index (χ3n) is 4.39. The lowest BCUT2D eigenvalue weighted by atomic mass is 9.85. The monoisotopic (exact) mass is 300 g/mol. The molecule has 3 amide bonds. The molecular formula is C17H20N2O3. The molecule has 2 aliphatic rings. The molecule has 1 saturated heterocycles. The molecule has 5 nitrogen and oxygen atoms in total. The largest absolute Gasteiger partial charge is 0.322 e. The SMILES string of the molecule is CC(C)(C)c1ccc2c(c1)C(=O)N([C@@H]1CCC(=O)NC1=O)C2. The van der Waals surface area contributed by atoms with E-state index in [1.165, 1.54) is 0 Å². The Morgan fingerprint density at radius 3 is 2.55 bits per heavy atom. The van der Waals surface area contributed by atoms with Gasteiger partial charge in [-0.25, -0.2) is 0 Å². The van der Waals surface area contributed by atoms with Gasteiger partial charge >= 0.3 is 0 Å². The lowest BCUT2D eigenvalue weighted by Gasteiger charge is -2.29. The van der Waals surface area contributed by atoms with E-state index >= 15 is 0 Å². The molecule has 1 N–H and O–H groups in total. The second-order valence-corrected chi connectivity index (χ2v) is 7.02. The molecule has 0 aromatic heterocycles. The normalized spacial score (nSPS) is 21.9. The molecule has 1 aromatic rings. The molecule has 0 bridgehead atoms. The third-order valence-corrected chi connectivity index (χ3v) is 4.39. The van der Waals surface area contributed by atoms with E-state index < -0.39 is 6.04 Å². The van der Waals surface area contributed by atoms with Crippen molar-refractivity contribution in [1.29, 1.82) is 0 Å². The van der Waals surface area contributed by atoms with Gasteiger partial charge < -0.3 is 4.90 Å². The Morgan fingerprint density at radius 2 is 1.91 bits per heavy atom. The summed E-state index contributed by atoms with van der Waals surface area (Å²) in [5.74, 6) is -0.746. The first-order chi connectivity index (χ1) is 10.3. The lowest BCUT2D eigenvalue weighted by molar-refractivity contribution is -0.136. The topological polar surface area (TPSA) is 66.5 Å². The number of imide groups is 1. The van der Waals surface area contributed by atoms with Gasteiger partial charge in [0, 0.05) is 18.5 Å². The number of carbonyl (C=O) groups excluding carboxylic acids is 3. The second kappa shape index (κ2) is 4.93. The molecule has 116 valence electrons. The van der Waals surface area contributed by atoms with Crippen LogP contribution in [-0.2, 0) is 21.5 Å².